The standard InChI is InChI=1S/C13H9BrF3N3O/c14-6-1-2-7(9(3-6)13(15,16)17)11-19-10-5-18-4-8(10)12(21)20-11/h1-3,18H,4-5H2,(H,19,20,21). The number of aromatic nitrogens is 2. The molecule has 3 rings (SSSR count). The van der Waals surface area contributed by atoms with Crippen molar-refractivity contribution in [1.82, 2.24) is 15.3 Å². The average Bonchev–Trinajstić information content (AvgIpc) is 2.86. The lowest BCUT2D eigenvalue weighted by Gasteiger charge is -2.13. The SMILES string of the molecule is O=c1[nH]c(-c2ccc(Br)cc2C(F)(F)F)nc2c1CNC2. The highest BCUT2D eigenvalue weighted by atomic mass is 79.9. The molecule has 1 aromatic carbocycles. The van der Waals surface area contributed by atoms with Gasteiger partial charge in [-0.3, -0.25) is 4.79 Å². The van der Waals surface area contributed by atoms with Gasteiger partial charge in [-0.05, 0) is 18.2 Å². The molecule has 1 aliphatic heterocycles. The minimum Gasteiger partial charge on any atom is -0.307 e. The van der Waals surface area contributed by atoms with Crippen LogP contribution in [0.15, 0.2) is 27.5 Å². The highest BCUT2D eigenvalue weighted by molar-refractivity contribution is 9.10. The molecule has 21 heavy (non-hydrogen) atoms. The molecule has 1 aromatic heterocycles. The maximum absolute atomic E-state index is 13.1. The Hall–Kier alpha value is -1.67. The summed E-state index contributed by atoms with van der Waals surface area (Å²) in [6.07, 6.45) is -4.53. The van der Waals surface area contributed by atoms with Crippen LogP contribution in [-0.2, 0) is 19.3 Å². The van der Waals surface area contributed by atoms with Crippen molar-refractivity contribution >= 4 is 15.9 Å². The number of nitrogens with zero attached hydrogens (tertiary/aromatic N) is 1. The van der Waals surface area contributed by atoms with Crippen molar-refractivity contribution < 1.29 is 13.2 Å². The maximum atomic E-state index is 13.1. The molecule has 2 N–H and O–H groups in total. The molecule has 4 nitrogen and oxygen atoms in total. The van der Waals surface area contributed by atoms with Crippen LogP contribution in [0.4, 0.5) is 13.2 Å². The average molecular weight is 360 g/mol. The first kappa shape index (κ1) is 14.3. The van der Waals surface area contributed by atoms with E-state index >= 15 is 0 Å². The van der Waals surface area contributed by atoms with Crippen molar-refractivity contribution in [2.45, 2.75) is 19.3 Å². The van der Waals surface area contributed by atoms with Gasteiger partial charge >= 0.3 is 6.18 Å². The summed E-state index contributed by atoms with van der Waals surface area (Å²) in [7, 11) is 0. The van der Waals surface area contributed by atoms with Crippen LogP contribution in [0.2, 0.25) is 0 Å². The normalized spacial score (nSPS) is 14.3. The predicted molar refractivity (Wildman–Crippen MR) is 73.5 cm³/mol. The minimum atomic E-state index is -4.53. The Labute approximate surface area is 125 Å². The molecule has 0 aliphatic carbocycles. The molecule has 0 saturated heterocycles. The lowest BCUT2D eigenvalue weighted by atomic mass is 10.1. The first-order valence-electron chi connectivity index (χ1n) is 6.06. The fourth-order valence-electron chi connectivity index (χ4n) is 2.26. The highest BCUT2D eigenvalue weighted by Gasteiger charge is 2.34. The summed E-state index contributed by atoms with van der Waals surface area (Å²) in [5, 5.41) is 2.95. The van der Waals surface area contributed by atoms with Crippen LogP contribution in [0, 0.1) is 0 Å². The lowest BCUT2D eigenvalue weighted by molar-refractivity contribution is -0.137. The van der Waals surface area contributed by atoms with Crippen molar-refractivity contribution in [2.24, 2.45) is 0 Å². The third-order valence-electron chi connectivity index (χ3n) is 3.24. The number of hydrogen-bond acceptors (Lipinski definition) is 3. The summed E-state index contributed by atoms with van der Waals surface area (Å²) in [6, 6.07) is 3.75. The zero-order chi connectivity index (χ0) is 15.2. The van der Waals surface area contributed by atoms with Crippen LogP contribution in [0.1, 0.15) is 16.8 Å². The van der Waals surface area contributed by atoms with E-state index in [-0.39, 0.29) is 11.4 Å². The van der Waals surface area contributed by atoms with Crippen molar-refractivity contribution in [3.63, 3.8) is 0 Å². The van der Waals surface area contributed by atoms with Gasteiger partial charge in [-0.25, -0.2) is 4.98 Å². The molecule has 0 radical (unpaired) electrons. The van der Waals surface area contributed by atoms with Crippen molar-refractivity contribution in [3.8, 4) is 11.4 Å². The van der Waals surface area contributed by atoms with E-state index in [2.05, 4.69) is 31.2 Å². The van der Waals surface area contributed by atoms with Crippen LogP contribution in [-0.4, -0.2) is 9.97 Å². The summed E-state index contributed by atoms with van der Waals surface area (Å²) in [6.45, 7) is 0.758. The van der Waals surface area contributed by atoms with E-state index in [9.17, 15) is 18.0 Å². The largest absolute Gasteiger partial charge is 0.417 e. The van der Waals surface area contributed by atoms with E-state index in [1.165, 1.54) is 12.1 Å². The molecule has 2 heterocycles. The number of halogens is 4. The number of benzene rings is 1. The summed E-state index contributed by atoms with van der Waals surface area (Å²) < 4.78 is 39.7. The molecule has 0 unspecified atom stereocenters. The summed E-state index contributed by atoms with van der Waals surface area (Å²) >= 11 is 3.02. The van der Waals surface area contributed by atoms with E-state index < -0.39 is 17.3 Å². The zero-order valence-corrected chi connectivity index (χ0v) is 12.1. The molecular weight excluding hydrogens is 351 g/mol. The van der Waals surface area contributed by atoms with Crippen LogP contribution in [0.5, 0.6) is 0 Å². The number of aromatic amines is 1. The molecule has 0 bridgehead atoms. The van der Waals surface area contributed by atoms with Gasteiger partial charge in [-0.15, -0.1) is 0 Å². The fourth-order valence-corrected chi connectivity index (χ4v) is 2.62. The second-order valence-electron chi connectivity index (χ2n) is 4.63. The van der Waals surface area contributed by atoms with E-state index in [1.807, 2.05) is 0 Å². The molecule has 0 fully saturated rings. The van der Waals surface area contributed by atoms with Gasteiger partial charge in [0.15, 0.2) is 0 Å². The van der Waals surface area contributed by atoms with Gasteiger partial charge in [0, 0.05) is 23.1 Å². The van der Waals surface area contributed by atoms with Crippen LogP contribution in [0.25, 0.3) is 11.4 Å². The van der Waals surface area contributed by atoms with Gasteiger partial charge in [-0.2, -0.15) is 13.2 Å². The number of nitrogens with one attached hydrogen (secondary N) is 2. The number of fused-ring (bicyclic) bond motifs is 1. The molecule has 110 valence electrons. The van der Waals surface area contributed by atoms with Gasteiger partial charge in [0.05, 0.1) is 16.8 Å². The van der Waals surface area contributed by atoms with E-state index in [0.717, 1.165) is 6.07 Å². The number of hydrogen-bond donors (Lipinski definition) is 2. The smallest absolute Gasteiger partial charge is 0.307 e. The third-order valence-corrected chi connectivity index (χ3v) is 3.73. The molecule has 0 saturated carbocycles. The third kappa shape index (κ3) is 2.60. The first-order chi connectivity index (χ1) is 9.86. The van der Waals surface area contributed by atoms with Gasteiger partial charge in [0.1, 0.15) is 5.82 Å². The maximum Gasteiger partial charge on any atom is 0.417 e. The molecule has 1 aliphatic rings. The Kier molecular flexibility index (Phi) is 3.37. The van der Waals surface area contributed by atoms with E-state index in [0.29, 0.717) is 28.8 Å². The second-order valence-corrected chi connectivity index (χ2v) is 5.55. The number of H-pyrrole nitrogens is 1. The quantitative estimate of drug-likeness (QED) is 0.823. The molecule has 0 amide bonds. The monoisotopic (exact) mass is 359 g/mol. The van der Waals surface area contributed by atoms with E-state index in [4.69, 9.17) is 0 Å². The Morgan fingerprint density at radius 3 is 2.71 bits per heavy atom. The van der Waals surface area contributed by atoms with Gasteiger partial charge < -0.3 is 10.3 Å². The molecule has 0 spiro atoms. The Balaban J connectivity index is 2.22. The van der Waals surface area contributed by atoms with Gasteiger partial charge in [0.25, 0.3) is 5.56 Å². The minimum absolute atomic E-state index is 0.0673. The summed E-state index contributed by atoms with van der Waals surface area (Å²) in [4.78, 5) is 18.5. The molecular formula is C13H9BrF3N3O. The molecule has 2 aromatic rings. The van der Waals surface area contributed by atoms with Crippen molar-refractivity contribution in [1.29, 1.82) is 0 Å². The van der Waals surface area contributed by atoms with Crippen LogP contribution >= 0.6 is 15.9 Å². The lowest BCUT2D eigenvalue weighted by Crippen LogP contribution is -2.17. The summed E-state index contributed by atoms with van der Waals surface area (Å²) in [5.74, 6) is -0.0673. The summed E-state index contributed by atoms with van der Waals surface area (Å²) in [5.41, 5.74) is -0.423. The fraction of sp³-hybridized carbons (Fsp3) is 0.231. The highest BCUT2D eigenvalue weighted by Crippen LogP contribution is 2.37. The second kappa shape index (κ2) is 4.96. The number of rotatable bonds is 1. The Morgan fingerprint density at radius 1 is 1.24 bits per heavy atom. The predicted octanol–water partition coefficient (Wildman–Crippen LogP) is 2.82. The van der Waals surface area contributed by atoms with Crippen molar-refractivity contribution in [3.05, 3.63) is 49.8 Å². The van der Waals surface area contributed by atoms with Crippen LogP contribution in [0.3, 0.4) is 0 Å². The Bertz CT molecular complexity index is 770. The molecule has 8 heteroatoms. The molecule has 0 atom stereocenters. The van der Waals surface area contributed by atoms with Crippen molar-refractivity contribution in [2.75, 3.05) is 0 Å². The zero-order valence-electron chi connectivity index (χ0n) is 10.5. The van der Waals surface area contributed by atoms with Gasteiger partial charge in [-0.1, -0.05) is 15.9 Å². The topological polar surface area (TPSA) is 57.8 Å². The van der Waals surface area contributed by atoms with Gasteiger partial charge in [0.2, 0.25) is 0 Å². The number of alkyl halides is 3. The van der Waals surface area contributed by atoms with E-state index in [1.54, 1.807) is 0 Å². The van der Waals surface area contributed by atoms with Crippen LogP contribution < -0.4 is 10.9 Å². The first-order valence-corrected chi connectivity index (χ1v) is 6.85. The Morgan fingerprint density at radius 2 is 2.00 bits per heavy atom.